The maximum atomic E-state index is 12.9. The molecule has 1 aromatic carbocycles. The standard InChI is InChI=1S/C16H14FN3O3/c17-12-3-5-13(6-4-12)20-10-11(8-15(20)21)16(22)19-18-9-14-2-1-7-23-14/h1-7,9,11H,8,10H2,(H,19,22)/b18-9-/t11-/m1/s1. The molecule has 3 rings (SSSR count). The van der Waals surface area contributed by atoms with Gasteiger partial charge < -0.3 is 9.32 Å². The number of carbonyl (C=O) groups is 2. The van der Waals surface area contributed by atoms with Gasteiger partial charge in [0.2, 0.25) is 11.8 Å². The van der Waals surface area contributed by atoms with Gasteiger partial charge in [-0.2, -0.15) is 5.10 Å². The lowest BCUT2D eigenvalue weighted by molar-refractivity contribution is -0.126. The highest BCUT2D eigenvalue weighted by molar-refractivity contribution is 6.00. The van der Waals surface area contributed by atoms with Crippen LogP contribution < -0.4 is 10.3 Å². The zero-order chi connectivity index (χ0) is 16.2. The number of furan rings is 1. The second-order valence-electron chi connectivity index (χ2n) is 5.13. The third kappa shape index (κ3) is 3.45. The Balaban J connectivity index is 1.60. The Morgan fingerprint density at radius 3 is 2.83 bits per heavy atom. The number of nitrogens with one attached hydrogen (secondary N) is 1. The van der Waals surface area contributed by atoms with Crippen LogP contribution in [0.5, 0.6) is 0 Å². The van der Waals surface area contributed by atoms with Crippen LogP contribution in [0.25, 0.3) is 0 Å². The smallest absolute Gasteiger partial charge is 0.245 e. The first kappa shape index (κ1) is 15.0. The zero-order valence-corrected chi connectivity index (χ0v) is 12.1. The van der Waals surface area contributed by atoms with E-state index in [9.17, 15) is 14.0 Å². The van der Waals surface area contributed by atoms with Gasteiger partial charge in [-0.3, -0.25) is 9.59 Å². The van der Waals surface area contributed by atoms with Gasteiger partial charge >= 0.3 is 0 Å². The summed E-state index contributed by atoms with van der Waals surface area (Å²) in [5.74, 6) is -0.874. The first-order valence-electron chi connectivity index (χ1n) is 7.06. The lowest BCUT2D eigenvalue weighted by atomic mass is 10.1. The molecule has 6 nitrogen and oxygen atoms in total. The summed E-state index contributed by atoms with van der Waals surface area (Å²) in [6, 6.07) is 9.00. The molecule has 1 aromatic heterocycles. The van der Waals surface area contributed by atoms with Crippen molar-refractivity contribution in [3.63, 3.8) is 0 Å². The van der Waals surface area contributed by atoms with Gasteiger partial charge in [0, 0.05) is 18.7 Å². The predicted octanol–water partition coefficient (Wildman–Crippen LogP) is 1.92. The lowest BCUT2D eigenvalue weighted by Crippen LogP contribution is -2.30. The maximum Gasteiger partial charge on any atom is 0.245 e. The zero-order valence-electron chi connectivity index (χ0n) is 12.1. The van der Waals surface area contributed by atoms with Crippen molar-refractivity contribution in [1.82, 2.24) is 5.43 Å². The molecule has 0 bridgehead atoms. The topological polar surface area (TPSA) is 74.9 Å². The normalized spacial score (nSPS) is 17.9. The number of carbonyl (C=O) groups excluding carboxylic acids is 2. The molecular weight excluding hydrogens is 301 g/mol. The summed E-state index contributed by atoms with van der Waals surface area (Å²) in [7, 11) is 0. The van der Waals surface area contributed by atoms with Crippen LogP contribution in [0.4, 0.5) is 10.1 Å². The van der Waals surface area contributed by atoms with Crippen LogP contribution in [0, 0.1) is 11.7 Å². The Kier molecular flexibility index (Phi) is 4.18. The highest BCUT2D eigenvalue weighted by Crippen LogP contribution is 2.25. The third-order valence-electron chi connectivity index (χ3n) is 3.54. The van der Waals surface area contributed by atoms with Crippen molar-refractivity contribution < 1.29 is 18.4 Å². The lowest BCUT2D eigenvalue weighted by Gasteiger charge is -2.16. The molecule has 118 valence electrons. The number of hydrogen-bond donors (Lipinski definition) is 1. The van der Waals surface area contributed by atoms with Crippen molar-refractivity contribution in [1.29, 1.82) is 0 Å². The molecule has 1 N–H and O–H groups in total. The maximum absolute atomic E-state index is 12.9. The van der Waals surface area contributed by atoms with Gasteiger partial charge in [-0.1, -0.05) is 0 Å². The second kappa shape index (κ2) is 6.43. The summed E-state index contributed by atoms with van der Waals surface area (Å²) < 4.78 is 18.0. The third-order valence-corrected chi connectivity index (χ3v) is 3.54. The van der Waals surface area contributed by atoms with E-state index in [0.717, 1.165) is 0 Å². The van der Waals surface area contributed by atoms with Crippen LogP contribution in [-0.2, 0) is 9.59 Å². The van der Waals surface area contributed by atoms with Gasteiger partial charge in [-0.25, -0.2) is 9.82 Å². The summed E-state index contributed by atoms with van der Waals surface area (Å²) >= 11 is 0. The molecular formula is C16H14FN3O3. The van der Waals surface area contributed by atoms with Gasteiger partial charge in [0.1, 0.15) is 11.6 Å². The summed E-state index contributed by atoms with van der Waals surface area (Å²) in [6.45, 7) is 0.243. The average molecular weight is 315 g/mol. The molecule has 1 aliphatic rings. The Morgan fingerprint density at radius 2 is 2.13 bits per heavy atom. The monoisotopic (exact) mass is 315 g/mol. The van der Waals surface area contributed by atoms with Crippen LogP contribution in [0.3, 0.4) is 0 Å². The van der Waals surface area contributed by atoms with E-state index in [2.05, 4.69) is 10.5 Å². The number of anilines is 1. The summed E-state index contributed by atoms with van der Waals surface area (Å²) in [5, 5.41) is 3.80. The fraction of sp³-hybridized carbons (Fsp3) is 0.188. The van der Waals surface area contributed by atoms with Crippen LogP contribution in [0.1, 0.15) is 12.2 Å². The number of hydrogen-bond acceptors (Lipinski definition) is 4. The summed E-state index contributed by atoms with van der Waals surface area (Å²) in [6.07, 6.45) is 2.98. The van der Waals surface area contributed by atoms with Gasteiger partial charge in [0.05, 0.1) is 18.4 Å². The van der Waals surface area contributed by atoms with Crippen LogP contribution in [0.2, 0.25) is 0 Å². The van der Waals surface area contributed by atoms with Gasteiger partial charge in [0.15, 0.2) is 0 Å². The van der Waals surface area contributed by atoms with Gasteiger partial charge in [-0.05, 0) is 36.4 Å². The second-order valence-corrected chi connectivity index (χ2v) is 5.13. The van der Waals surface area contributed by atoms with E-state index in [1.807, 2.05) is 0 Å². The van der Waals surface area contributed by atoms with E-state index < -0.39 is 5.92 Å². The molecule has 1 atom stereocenters. The molecule has 0 aliphatic carbocycles. The van der Waals surface area contributed by atoms with Crippen molar-refractivity contribution >= 4 is 23.7 Å². The van der Waals surface area contributed by atoms with Crippen molar-refractivity contribution in [2.45, 2.75) is 6.42 Å². The number of nitrogens with zero attached hydrogens (tertiary/aromatic N) is 2. The number of amides is 2. The number of rotatable bonds is 4. The first-order valence-corrected chi connectivity index (χ1v) is 7.06. The number of hydrazone groups is 1. The molecule has 7 heteroatoms. The van der Waals surface area contributed by atoms with E-state index in [1.54, 1.807) is 12.1 Å². The van der Waals surface area contributed by atoms with E-state index in [0.29, 0.717) is 11.4 Å². The molecule has 1 fully saturated rings. The van der Waals surface area contributed by atoms with E-state index in [-0.39, 0.29) is 30.6 Å². The average Bonchev–Trinajstić information content (AvgIpc) is 3.18. The Hall–Kier alpha value is -2.96. The minimum Gasteiger partial charge on any atom is -0.463 e. The molecule has 2 heterocycles. The molecule has 1 saturated heterocycles. The quantitative estimate of drug-likeness (QED) is 0.692. The molecule has 0 saturated carbocycles. The summed E-state index contributed by atoms with van der Waals surface area (Å²) in [5.41, 5.74) is 2.97. The van der Waals surface area contributed by atoms with Crippen molar-refractivity contribution in [2.24, 2.45) is 11.0 Å². The highest BCUT2D eigenvalue weighted by Gasteiger charge is 2.35. The molecule has 23 heavy (non-hydrogen) atoms. The Labute approximate surface area is 131 Å². The number of benzene rings is 1. The first-order chi connectivity index (χ1) is 11.1. The van der Waals surface area contributed by atoms with E-state index >= 15 is 0 Å². The predicted molar refractivity (Wildman–Crippen MR) is 81.3 cm³/mol. The molecule has 0 spiro atoms. The van der Waals surface area contributed by atoms with Crippen LogP contribution in [-0.4, -0.2) is 24.6 Å². The number of halogens is 1. The summed E-state index contributed by atoms with van der Waals surface area (Å²) in [4.78, 5) is 25.6. The van der Waals surface area contributed by atoms with Crippen LogP contribution >= 0.6 is 0 Å². The Morgan fingerprint density at radius 1 is 1.35 bits per heavy atom. The minimum atomic E-state index is -0.499. The van der Waals surface area contributed by atoms with Gasteiger partial charge in [0.25, 0.3) is 0 Å². The fourth-order valence-electron chi connectivity index (χ4n) is 2.37. The largest absolute Gasteiger partial charge is 0.463 e. The molecule has 1 aliphatic heterocycles. The van der Waals surface area contributed by atoms with Gasteiger partial charge in [-0.15, -0.1) is 0 Å². The molecule has 2 aromatic rings. The fourth-order valence-corrected chi connectivity index (χ4v) is 2.37. The molecule has 0 radical (unpaired) electrons. The van der Waals surface area contributed by atoms with E-state index in [4.69, 9.17) is 4.42 Å². The van der Waals surface area contributed by atoms with Crippen molar-refractivity contribution in [2.75, 3.05) is 11.4 Å². The molecule has 2 amide bonds. The SMILES string of the molecule is O=C(N/N=C\c1ccco1)[C@@H]1CC(=O)N(c2ccc(F)cc2)C1. The van der Waals surface area contributed by atoms with Crippen molar-refractivity contribution in [3.8, 4) is 0 Å². The van der Waals surface area contributed by atoms with E-state index in [1.165, 1.54) is 41.6 Å². The Bertz CT molecular complexity index is 726. The minimum absolute atomic E-state index is 0.0967. The molecule has 0 unspecified atom stereocenters. The van der Waals surface area contributed by atoms with Crippen molar-refractivity contribution in [3.05, 3.63) is 54.2 Å². The van der Waals surface area contributed by atoms with Crippen LogP contribution in [0.15, 0.2) is 52.2 Å². The highest BCUT2D eigenvalue weighted by atomic mass is 19.1.